The first kappa shape index (κ1) is 15.6. The SMILES string of the molecule is O=C(COC(=O)c1ccco1)NNC(=O)c1ccc(Cl)cc1. The van der Waals surface area contributed by atoms with Gasteiger partial charge < -0.3 is 9.15 Å². The van der Waals surface area contributed by atoms with Crippen LogP contribution in [0.1, 0.15) is 20.9 Å². The smallest absolute Gasteiger partial charge is 0.374 e. The average molecular weight is 323 g/mol. The number of ether oxygens (including phenoxy) is 1. The zero-order valence-electron chi connectivity index (χ0n) is 11.2. The number of nitrogens with one attached hydrogen (secondary N) is 2. The molecule has 0 unspecified atom stereocenters. The Balaban J connectivity index is 1.74. The third-order valence-corrected chi connectivity index (χ3v) is 2.73. The van der Waals surface area contributed by atoms with Gasteiger partial charge >= 0.3 is 5.97 Å². The van der Waals surface area contributed by atoms with E-state index in [0.29, 0.717) is 10.6 Å². The van der Waals surface area contributed by atoms with Gasteiger partial charge in [0.25, 0.3) is 11.8 Å². The topological polar surface area (TPSA) is 97.6 Å². The van der Waals surface area contributed by atoms with E-state index in [-0.39, 0.29) is 5.76 Å². The van der Waals surface area contributed by atoms with Gasteiger partial charge in [0, 0.05) is 10.6 Å². The van der Waals surface area contributed by atoms with Crippen molar-refractivity contribution in [2.24, 2.45) is 0 Å². The highest BCUT2D eigenvalue weighted by Crippen LogP contribution is 2.09. The molecule has 1 aromatic carbocycles. The Morgan fingerprint density at radius 1 is 1.09 bits per heavy atom. The Morgan fingerprint density at radius 2 is 1.82 bits per heavy atom. The molecule has 1 heterocycles. The Hall–Kier alpha value is -2.80. The normalized spacial score (nSPS) is 9.86. The van der Waals surface area contributed by atoms with E-state index in [1.165, 1.54) is 30.5 Å². The lowest BCUT2D eigenvalue weighted by molar-refractivity contribution is -0.125. The summed E-state index contributed by atoms with van der Waals surface area (Å²) in [7, 11) is 0. The molecule has 2 rings (SSSR count). The lowest BCUT2D eigenvalue weighted by Crippen LogP contribution is -2.43. The van der Waals surface area contributed by atoms with Gasteiger partial charge in [-0.1, -0.05) is 11.6 Å². The number of carbonyl (C=O) groups excluding carboxylic acids is 3. The van der Waals surface area contributed by atoms with Crippen molar-refractivity contribution in [1.82, 2.24) is 10.9 Å². The van der Waals surface area contributed by atoms with Gasteiger partial charge in [0.1, 0.15) is 0 Å². The van der Waals surface area contributed by atoms with Crippen LogP contribution in [0.3, 0.4) is 0 Å². The van der Waals surface area contributed by atoms with E-state index in [2.05, 4.69) is 15.6 Å². The number of hydrogen-bond acceptors (Lipinski definition) is 5. The molecule has 0 aliphatic heterocycles. The summed E-state index contributed by atoms with van der Waals surface area (Å²) in [5, 5.41) is 0.491. The fourth-order valence-corrected chi connectivity index (χ4v) is 1.56. The Bertz CT molecular complexity index is 667. The van der Waals surface area contributed by atoms with Gasteiger partial charge in [0.15, 0.2) is 6.61 Å². The predicted molar refractivity (Wildman–Crippen MR) is 76.1 cm³/mol. The van der Waals surface area contributed by atoms with Crippen LogP contribution in [0, 0.1) is 0 Å². The maximum absolute atomic E-state index is 11.7. The third-order valence-electron chi connectivity index (χ3n) is 2.48. The van der Waals surface area contributed by atoms with Crippen LogP contribution in [-0.2, 0) is 9.53 Å². The summed E-state index contributed by atoms with van der Waals surface area (Å²) in [6.07, 6.45) is 1.31. The van der Waals surface area contributed by atoms with Crippen molar-refractivity contribution < 1.29 is 23.5 Å². The zero-order chi connectivity index (χ0) is 15.9. The number of rotatable bonds is 4. The predicted octanol–water partition coefficient (Wildman–Crippen LogP) is 1.55. The number of benzene rings is 1. The van der Waals surface area contributed by atoms with Crippen molar-refractivity contribution >= 4 is 29.4 Å². The highest BCUT2D eigenvalue weighted by atomic mass is 35.5. The van der Waals surface area contributed by atoms with Crippen LogP contribution in [0.5, 0.6) is 0 Å². The summed E-state index contributed by atoms with van der Waals surface area (Å²) < 4.78 is 9.49. The molecule has 2 aromatic rings. The summed E-state index contributed by atoms with van der Waals surface area (Å²) in [4.78, 5) is 34.6. The molecule has 0 spiro atoms. The maximum Gasteiger partial charge on any atom is 0.374 e. The van der Waals surface area contributed by atoms with Gasteiger partial charge in [-0.25, -0.2) is 4.79 Å². The fraction of sp³-hybridized carbons (Fsp3) is 0.0714. The first-order valence-electron chi connectivity index (χ1n) is 6.11. The first-order chi connectivity index (χ1) is 10.6. The van der Waals surface area contributed by atoms with E-state index in [0.717, 1.165) is 0 Å². The summed E-state index contributed by atoms with van der Waals surface area (Å²) in [5.74, 6) is -2.01. The van der Waals surface area contributed by atoms with Crippen LogP contribution >= 0.6 is 11.6 Å². The largest absolute Gasteiger partial charge is 0.457 e. The van der Waals surface area contributed by atoms with Crippen LogP contribution in [0.2, 0.25) is 5.02 Å². The molecule has 0 bridgehead atoms. The summed E-state index contributed by atoms with van der Waals surface area (Å²) in [6.45, 7) is -0.555. The molecule has 0 aliphatic rings. The molecular formula is C14H11ClN2O5. The maximum atomic E-state index is 11.7. The summed E-state index contributed by atoms with van der Waals surface area (Å²) in [6, 6.07) is 9.01. The molecule has 1 aromatic heterocycles. The third kappa shape index (κ3) is 4.35. The molecule has 0 atom stereocenters. The monoisotopic (exact) mass is 322 g/mol. The van der Waals surface area contributed by atoms with Crippen molar-refractivity contribution in [2.75, 3.05) is 6.61 Å². The Kier molecular flexibility index (Phi) is 5.16. The van der Waals surface area contributed by atoms with Crippen LogP contribution < -0.4 is 10.9 Å². The van der Waals surface area contributed by atoms with Gasteiger partial charge in [0.05, 0.1) is 6.26 Å². The number of halogens is 1. The van der Waals surface area contributed by atoms with E-state index in [9.17, 15) is 14.4 Å². The van der Waals surface area contributed by atoms with Crippen LogP contribution in [0.15, 0.2) is 47.1 Å². The number of amides is 2. The van der Waals surface area contributed by atoms with Crippen LogP contribution in [-0.4, -0.2) is 24.4 Å². The van der Waals surface area contributed by atoms with E-state index in [4.69, 9.17) is 16.0 Å². The quantitative estimate of drug-likeness (QED) is 0.657. The summed E-state index contributed by atoms with van der Waals surface area (Å²) >= 11 is 5.70. The standard InChI is InChI=1S/C14H11ClN2O5/c15-10-5-3-9(4-6-10)13(19)17-16-12(18)8-22-14(20)11-2-1-7-21-11/h1-7H,8H2,(H,16,18)(H,17,19). The van der Waals surface area contributed by atoms with E-state index < -0.39 is 24.4 Å². The molecule has 2 amide bonds. The second-order valence-electron chi connectivity index (χ2n) is 4.06. The Labute approximate surface area is 130 Å². The molecule has 2 N–H and O–H groups in total. The zero-order valence-corrected chi connectivity index (χ0v) is 11.9. The van der Waals surface area contributed by atoms with E-state index in [1.807, 2.05) is 0 Å². The fourth-order valence-electron chi connectivity index (χ4n) is 1.43. The highest BCUT2D eigenvalue weighted by molar-refractivity contribution is 6.30. The van der Waals surface area contributed by atoms with Crippen LogP contribution in [0.25, 0.3) is 0 Å². The van der Waals surface area contributed by atoms with Gasteiger partial charge in [-0.05, 0) is 36.4 Å². The molecule has 0 radical (unpaired) electrons. The van der Waals surface area contributed by atoms with Crippen molar-refractivity contribution in [1.29, 1.82) is 0 Å². The molecule has 7 nitrogen and oxygen atoms in total. The van der Waals surface area contributed by atoms with Gasteiger partial charge in [-0.3, -0.25) is 20.4 Å². The number of carbonyl (C=O) groups is 3. The van der Waals surface area contributed by atoms with Gasteiger partial charge in [0.2, 0.25) is 5.76 Å². The summed E-state index contributed by atoms with van der Waals surface area (Å²) in [5.41, 5.74) is 4.61. The van der Waals surface area contributed by atoms with E-state index in [1.54, 1.807) is 12.1 Å². The van der Waals surface area contributed by atoms with Crippen molar-refractivity contribution in [2.45, 2.75) is 0 Å². The molecule has 114 valence electrons. The Morgan fingerprint density at radius 3 is 2.45 bits per heavy atom. The molecule has 0 aliphatic carbocycles. The van der Waals surface area contributed by atoms with Crippen molar-refractivity contribution in [3.63, 3.8) is 0 Å². The minimum absolute atomic E-state index is 0.0157. The molecule has 22 heavy (non-hydrogen) atoms. The number of furan rings is 1. The molecule has 8 heteroatoms. The highest BCUT2D eigenvalue weighted by Gasteiger charge is 2.13. The van der Waals surface area contributed by atoms with Gasteiger partial charge in [-0.15, -0.1) is 0 Å². The minimum atomic E-state index is -0.774. The first-order valence-corrected chi connectivity index (χ1v) is 6.49. The minimum Gasteiger partial charge on any atom is -0.457 e. The molecule has 0 fully saturated rings. The second kappa shape index (κ2) is 7.28. The molecule has 0 saturated carbocycles. The number of esters is 1. The second-order valence-corrected chi connectivity index (χ2v) is 4.50. The lowest BCUT2D eigenvalue weighted by Gasteiger charge is -2.07. The number of hydrazine groups is 1. The lowest BCUT2D eigenvalue weighted by atomic mass is 10.2. The van der Waals surface area contributed by atoms with E-state index >= 15 is 0 Å². The van der Waals surface area contributed by atoms with Gasteiger partial charge in [-0.2, -0.15) is 0 Å². The van der Waals surface area contributed by atoms with Crippen LogP contribution in [0.4, 0.5) is 0 Å². The van der Waals surface area contributed by atoms with Crippen molar-refractivity contribution in [3.05, 3.63) is 59.0 Å². The molecular weight excluding hydrogens is 312 g/mol. The number of hydrogen-bond donors (Lipinski definition) is 2. The average Bonchev–Trinajstić information content (AvgIpc) is 3.05. The van der Waals surface area contributed by atoms with Crippen molar-refractivity contribution in [3.8, 4) is 0 Å². The molecule has 0 saturated heterocycles.